The van der Waals surface area contributed by atoms with Crippen molar-refractivity contribution in [3.63, 3.8) is 0 Å². The monoisotopic (exact) mass is 416 g/mol. The molecule has 0 fully saturated rings. The van der Waals surface area contributed by atoms with Crippen LogP contribution in [-0.2, 0) is 16.1 Å². The molecule has 1 heterocycles. The number of carbonyl (C=O) groups is 2. The van der Waals surface area contributed by atoms with Gasteiger partial charge in [-0.2, -0.15) is 0 Å². The fourth-order valence-corrected chi connectivity index (χ4v) is 3.21. The quantitative estimate of drug-likeness (QED) is 0.540. The minimum atomic E-state index is -0.669. The van der Waals surface area contributed by atoms with Gasteiger partial charge in [0.25, 0.3) is 0 Å². The number of nitrogens with one attached hydrogen (secondary N) is 2. The van der Waals surface area contributed by atoms with Gasteiger partial charge in [0, 0.05) is 36.6 Å². The van der Waals surface area contributed by atoms with E-state index in [0.717, 1.165) is 17.0 Å². The molecule has 0 saturated heterocycles. The van der Waals surface area contributed by atoms with Crippen LogP contribution in [0.1, 0.15) is 43.6 Å². The Hall–Kier alpha value is -3.67. The van der Waals surface area contributed by atoms with Crippen molar-refractivity contribution in [1.29, 1.82) is 0 Å². The van der Waals surface area contributed by atoms with E-state index in [2.05, 4.69) is 34.0 Å². The van der Waals surface area contributed by atoms with Crippen molar-refractivity contribution < 1.29 is 9.59 Å². The molecule has 0 aliphatic rings. The molecule has 2 N–H and O–H groups in total. The van der Waals surface area contributed by atoms with Crippen LogP contribution in [0, 0.1) is 0 Å². The van der Waals surface area contributed by atoms with Gasteiger partial charge in [-0.15, -0.1) is 0 Å². The third-order valence-corrected chi connectivity index (χ3v) is 4.79. The van der Waals surface area contributed by atoms with Gasteiger partial charge in [-0.25, -0.2) is 4.98 Å². The Bertz CT molecular complexity index is 1050. The predicted octanol–water partition coefficient (Wildman–Crippen LogP) is 4.21. The zero-order chi connectivity index (χ0) is 22.2. The summed E-state index contributed by atoms with van der Waals surface area (Å²) in [5.74, 6) is 0.762. The van der Waals surface area contributed by atoms with E-state index in [4.69, 9.17) is 0 Å². The molecular weight excluding hydrogens is 388 g/mol. The molecule has 3 rings (SSSR count). The number of benzene rings is 2. The summed E-state index contributed by atoms with van der Waals surface area (Å²) in [5.41, 5.74) is 2.67. The molecule has 0 aliphatic heterocycles. The van der Waals surface area contributed by atoms with E-state index in [1.54, 1.807) is 19.2 Å². The van der Waals surface area contributed by atoms with Crippen LogP contribution in [0.5, 0.6) is 0 Å². The van der Waals surface area contributed by atoms with E-state index in [-0.39, 0.29) is 11.8 Å². The first kappa shape index (κ1) is 22.0. The second kappa shape index (κ2) is 10.4. The molecule has 0 spiro atoms. The van der Waals surface area contributed by atoms with Crippen LogP contribution in [0.15, 0.2) is 73.1 Å². The number of carbonyl (C=O) groups excluding carboxylic acids is 2. The minimum Gasteiger partial charge on any atom is -0.341 e. The molecule has 6 nitrogen and oxygen atoms in total. The summed E-state index contributed by atoms with van der Waals surface area (Å²) < 4.78 is 2.10. The Kier molecular flexibility index (Phi) is 7.38. The lowest BCUT2D eigenvalue weighted by Crippen LogP contribution is -2.40. The van der Waals surface area contributed by atoms with Crippen LogP contribution in [0.25, 0.3) is 6.08 Å². The highest BCUT2D eigenvalue weighted by Gasteiger charge is 2.15. The van der Waals surface area contributed by atoms with E-state index in [1.807, 2.05) is 60.8 Å². The minimum absolute atomic E-state index is 0.274. The third kappa shape index (κ3) is 6.40. The van der Waals surface area contributed by atoms with Crippen molar-refractivity contribution in [3.8, 4) is 0 Å². The zero-order valence-electron chi connectivity index (χ0n) is 18.1. The van der Waals surface area contributed by atoms with Crippen LogP contribution in [0.3, 0.4) is 0 Å². The first-order chi connectivity index (χ1) is 14.9. The number of aromatic nitrogens is 2. The molecule has 160 valence electrons. The average Bonchev–Trinajstić information content (AvgIpc) is 3.21. The molecule has 1 atom stereocenters. The van der Waals surface area contributed by atoms with Crippen LogP contribution in [-0.4, -0.2) is 27.4 Å². The highest BCUT2D eigenvalue weighted by atomic mass is 16.2. The van der Waals surface area contributed by atoms with Crippen LogP contribution < -0.4 is 10.6 Å². The van der Waals surface area contributed by atoms with Gasteiger partial charge in [-0.1, -0.05) is 56.3 Å². The summed E-state index contributed by atoms with van der Waals surface area (Å²) in [4.78, 5) is 29.1. The summed E-state index contributed by atoms with van der Waals surface area (Å²) in [7, 11) is 0. The standard InChI is InChI=1S/C25H28N4O2/c1-18(2)24-26-14-15-29(24)17-21-10-7-11-22(16-21)28-25(31)19(3)27-23(30)13-12-20-8-5-4-6-9-20/h4-16,18-19H,17H2,1-3H3,(H,27,30)(H,28,31). The number of hydrogen-bond donors (Lipinski definition) is 2. The maximum atomic E-state index is 12.5. The fourth-order valence-electron chi connectivity index (χ4n) is 3.21. The molecule has 0 saturated carbocycles. The molecular formula is C25H28N4O2. The number of nitrogens with zero attached hydrogens (tertiary/aromatic N) is 2. The van der Waals surface area contributed by atoms with Gasteiger partial charge in [-0.05, 0) is 36.3 Å². The number of hydrogen-bond acceptors (Lipinski definition) is 3. The van der Waals surface area contributed by atoms with Gasteiger partial charge in [0.05, 0.1) is 0 Å². The molecule has 6 heteroatoms. The maximum Gasteiger partial charge on any atom is 0.246 e. The van der Waals surface area contributed by atoms with E-state index in [9.17, 15) is 9.59 Å². The molecule has 1 unspecified atom stereocenters. The normalized spacial score (nSPS) is 12.1. The van der Waals surface area contributed by atoms with E-state index >= 15 is 0 Å². The fraction of sp³-hybridized carbons (Fsp3) is 0.240. The Morgan fingerprint density at radius 1 is 1.06 bits per heavy atom. The Labute approximate surface area is 183 Å². The molecule has 2 amide bonds. The van der Waals surface area contributed by atoms with E-state index in [0.29, 0.717) is 18.2 Å². The summed E-state index contributed by atoms with van der Waals surface area (Å²) in [6.45, 7) is 6.56. The van der Waals surface area contributed by atoms with Crippen molar-refractivity contribution >= 4 is 23.6 Å². The summed E-state index contributed by atoms with van der Waals surface area (Å²) in [6, 6.07) is 16.5. The Balaban J connectivity index is 1.57. The largest absolute Gasteiger partial charge is 0.341 e. The van der Waals surface area contributed by atoms with Gasteiger partial charge in [0.15, 0.2) is 0 Å². The van der Waals surface area contributed by atoms with Gasteiger partial charge in [0.2, 0.25) is 11.8 Å². The number of anilines is 1. The number of amides is 2. The average molecular weight is 417 g/mol. The second-order valence-electron chi connectivity index (χ2n) is 7.73. The van der Waals surface area contributed by atoms with Gasteiger partial charge < -0.3 is 15.2 Å². The van der Waals surface area contributed by atoms with Crippen molar-refractivity contribution in [2.75, 3.05) is 5.32 Å². The first-order valence-corrected chi connectivity index (χ1v) is 10.4. The molecule has 1 aromatic heterocycles. The van der Waals surface area contributed by atoms with Gasteiger partial charge in [0.1, 0.15) is 11.9 Å². The SMILES string of the molecule is CC(NC(=O)C=Cc1ccccc1)C(=O)Nc1cccc(Cn2ccnc2C(C)C)c1. The van der Waals surface area contributed by atoms with Crippen molar-refractivity contribution in [2.45, 2.75) is 39.3 Å². The Morgan fingerprint density at radius 3 is 2.58 bits per heavy atom. The second-order valence-corrected chi connectivity index (χ2v) is 7.73. The molecule has 0 bridgehead atoms. The molecule has 31 heavy (non-hydrogen) atoms. The lowest BCUT2D eigenvalue weighted by atomic mass is 10.1. The predicted molar refractivity (Wildman–Crippen MR) is 124 cm³/mol. The summed E-state index contributed by atoms with van der Waals surface area (Å²) in [5, 5.41) is 5.57. The molecule has 2 aromatic carbocycles. The zero-order valence-corrected chi connectivity index (χ0v) is 18.1. The van der Waals surface area contributed by atoms with Crippen molar-refractivity contribution in [1.82, 2.24) is 14.9 Å². The van der Waals surface area contributed by atoms with Crippen molar-refractivity contribution in [2.24, 2.45) is 0 Å². The summed E-state index contributed by atoms with van der Waals surface area (Å²) >= 11 is 0. The number of imidazole rings is 1. The van der Waals surface area contributed by atoms with Gasteiger partial charge >= 0.3 is 0 Å². The van der Waals surface area contributed by atoms with Crippen LogP contribution in [0.2, 0.25) is 0 Å². The lowest BCUT2D eigenvalue weighted by Gasteiger charge is -2.14. The number of rotatable bonds is 8. The van der Waals surface area contributed by atoms with Crippen molar-refractivity contribution in [3.05, 3.63) is 90.0 Å². The van der Waals surface area contributed by atoms with Gasteiger partial charge in [-0.3, -0.25) is 9.59 Å². The molecule has 0 radical (unpaired) electrons. The topological polar surface area (TPSA) is 76.0 Å². The highest BCUT2D eigenvalue weighted by Crippen LogP contribution is 2.16. The molecule has 0 aliphatic carbocycles. The molecule has 3 aromatic rings. The summed E-state index contributed by atoms with van der Waals surface area (Å²) in [6.07, 6.45) is 6.90. The maximum absolute atomic E-state index is 12.5. The third-order valence-electron chi connectivity index (χ3n) is 4.79. The van der Waals surface area contributed by atoms with E-state index in [1.165, 1.54) is 6.08 Å². The smallest absolute Gasteiger partial charge is 0.246 e. The highest BCUT2D eigenvalue weighted by molar-refractivity contribution is 5.99. The first-order valence-electron chi connectivity index (χ1n) is 10.4. The van der Waals surface area contributed by atoms with Crippen LogP contribution in [0.4, 0.5) is 5.69 Å². The van der Waals surface area contributed by atoms with E-state index < -0.39 is 6.04 Å². The van der Waals surface area contributed by atoms with Crippen LogP contribution >= 0.6 is 0 Å². The lowest BCUT2D eigenvalue weighted by molar-refractivity contribution is -0.123. The Morgan fingerprint density at radius 2 is 1.84 bits per heavy atom.